The van der Waals surface area contributed by atoms with Crippen LogP contribution < -0.4 is 5.32 Å². The van der Waals surface area contributed by atoms with Crippen LogP contribution in [0.1, 0.15) is 54.1 Å². The van der Waals surface area contributed by atoms with Crippen LogP contribution in [0.2, 0.25) is 0 Å². The molecule has 1 aromatic carbocycles. The second-order valence-electron chi connectivity index (χ2n) is 6.75. The van der Waals surface area contributed by atoms with Crippen molar-refractivity contribution in [3.8, 4) is 0 Å². The molecule has 3 heteroatoms. The molecule has 2 atom stereocenters. The van der Waals surface area contributed by atoms with E-state index in [0.717, 1.165) is 43.8 Å². The lowest BCUT2D eigenvalue weighted by molar-refractivity contribution is 0.0672. The lowest BCUT2D eigenvalue weighted by Gasteiger charge is -2.34. The number of hydrogen-bond acceptors (Lipinski definition) is 2. The molecule has 0 bridgehead atoms. The maximum atomic E-state index is 12.7. The number of nitrogens with zero attached hydrogens (tertiary/aromatic N) is 1. The average molecular weight is 286 g/mol. The quantitative estimate of drug-likeness (QED) is 0.906. The highest BCUT2D eigenvalue weighted by Crippen LogP contribution is 2.27. The summed E-state index contributed by atoms with van der Waals surface area (Å²) in [5.74, 6) is 0.925. The van der Waals surface area contributed by atoms with Gasteiger partial charge in [-0.1, -0.05) is 25.8 Å². The maximum Gasteiger partial charge on any atom is 0.253 e. The van der Waals surface area contributed by atoms with Crippen LogP contribution in [-0.4, -0.2) is 30.4 Å². The molecule has 1 aliphatic carbocycles. The number of benzene rings is 1. The van der Waals surface area contributed by atoms with Gasteiger partial charge in [-0.2, -0.15) is 0 Å². The first-order valence-corrected chi connectivity index (χ1v) is 8.25. The molecule has 0 saturated heterocycles. The molecule has 1 heterocycles. The lowest BCUT2D eigenvalue weighted by Crippen LogP contribution is -2.40. The number of nitrogens with one attached hydrogen (secondary N) is 1. The molecule has 2 aliphatic rings. The van der Waals surface area contributed by atoms with E-state index in [0.29, 0.717) is 6.04 Å². The molecule has 1 N–H and O–H groups in total. The highest BCUT2D eigenvalue weighted by Gasteiger charge is 2.26. The monoisotopic (exact) mass is 286 g/mol. The van der Waals surface area contributed by atoms with Gasteiger partial charge in [0.25, 0.3) is 5.91 Å². The average Bonchev–Trinajstić information content (AvgIpc) is 2.53. The summed E-state index contributed by atoms with van der Waals surface area (Å²) in [6.07, 6.45) is 5.92. The highest BCUT2D eigenvalue weighted by molar-refractivity contribution is 5.94. The van der Waals surface area contributed by atoms with E-state index in [1.165, 1.54) is 24.0 Å². The van der Waals surface area contributed by atoms with Gasteiger partial charge in [-0.25, -0.2) is 0 Å². The van der Waals surface area contributed by atoms with Gasteiger partial charge in [-0.3, -0.25) is 4.79 Å². The van der Waals surface area contributed by atoms with Crippen LogP contribution in [0.25, 0.3) is 0 Å². The molecule has 0 aromatic heterocycles. The van der Waals surface area contributed by atoms with Crippen molar-refractivity contribution < 1.29 is 4.79 Å². The van der Waals surface area contributed by atoms with Crippen molar-refractivity contribution in [1.29, 1.82) is 0 Å². The molecule has 1 fully saturated rings. The first-order chi connectivity index (χ1) is 10.1. The third kappa shape index (κ3) is 3.13. The van der Waals surface area contributed by atoms with Gasteiger partial charge < -0.3 is 10.2 Å². The van der Waals surface area contributed by atoms with E-state index in [-0.39, 0.29) is 5.91 Å². The Labute approximate surface area is 127 Å². The number of carbonyl (C=O) groups excluding carboxylic acids is 1. The second-order valence-corrected chi connectivity index (χ2v) is 6.75. The SMILES string of the molecule is CC1CCCC(N(C)C(=O)c2ccc3c(c2)CNCC3)C1. The number of rotatable bonds is 2. The number of carbonyl (C=O) groups is 1. The van der Waals surface area contributed by atoms with Crippen LogP contribution in [0.5, 0.6) is 0 Å². The van der Waals surface area contributed by atoms with Gasteiger partial charge in [0.1, 0.15) is 0 Å². The molecule has 3 rings (SSSR count). The van der Waals surface area contributed by atoms with Gasteiger partial charge in [0, 0.05) is 25.2 Å². The van der Waals surface area contributed by atoms with Crippen molar-refractivity contribution in [2.24, 2.45) is 5.92 Å². The predicted molar refractivity (Wildman–Crippen MR) is 85.4 cm³/mol. The molecule has 1 amide bonds. The Kier molecular flexibility index (Phi) is 4.29. The molecule has 2 unspecified atom stereocenters. The Bertz CT molecular complexity index is 526. The summed E-state index contributed by atoms with van der Waals surface area (Å²) in [7, 11) is 1.97. The Hall–Kier alpha value is -1.35. The molecule has 1 saturated carbocycles. The van der Waals surface area contributed by atoms with Crippen molar-refractivity contribution in [2.45, 2.75) is 51.6 Å². The highest BCUT2D eigenvalue weighted by atomic mass is 16.2. The van der Waals surface area contributed by atoms with E-state index in [1.54, 1.807) is 0 Å². The Balaban J connectivity index is 1.75. The fourth-order valence-electron chi connectivity index (χ4n) is 3.74. The van der Waals surface area contributed by atoms with Crippen molar-refractivity contribution in [3.63, 3.8) is 0 Å². The molecule has 3 nitrogen and oxygen atoms in total. The Morgan fingerprint density at radius 3 is 2.95 bits per heavy atom. The summed E-state index contributed by atoms with van der Waals surface area (Å²) in [6, 6.07) is 6.65. The summed E-state index contributed by atoms with van der Waals surface area (Å²) in [6.45, 7) is 4.23. The summed E-state index contributed by atoms with van der Waals surface area (Å²) in [5, 5.41) is 3.38. The van der Waals surface area contributed by atoms with E-state index < -0.39 is 0 Å². The Morgan fingerprint density at radius 2 is 2.14 bits per heavy atom. The van der Waals surface area contributed by atoms with Crippen molar-refractivity contribution in [1.82, 2.24) is 10.2 Å². The number of hydrogen-bond donors (Lipinski definition) is 1. The Morgan fingerprint density at radius 1 is 1.29 bits per heavy atom. The van der Waals surface area contributed by atoms with E-state index in [4.69, 9.17) is 0 Å². The van der Waals surface area contributed by atoms with Crippen molar-refractivity contribution in [3.05, 3.63) is 34.9 Å². The van der Waals surface area contributed by atoms with Gasteiger partial charge >= 0.3 is 0 Å². The molecule has 114 valence electrons. The minimum atomic E-state index is 0.183. The molecule has 1 aliphatic heterocycles. The van der Waals surface area contributed by atoms with Gasteiger partial charge in [-0.15, -0.1) is 0 Å². The maximum absolute atomic E-state index is 12.7. The zero-order valence-corrected chi connectivity index (χ0v) is 13.2. The van der Waals surface area contributed by atoms with E-state index in [9.17, 15) is 4.79 Å². The minimum absolute atomic E-state index is 0.183. The third-order valence-corrected chi connectivity index (χ3v) is 5.12. The molecule has 21 heavy (non-hydrogen) atoms. The number of fused-ring (bicyclic) bond motifs is 1. The van der Waals surface area contributed by atoms with Crippen LogP contribution >= 0.6 is 0 Å². The summed E-state index contributed by atoms with van der Waals surface area (Å²) in [5.41, 5.74) is 3.52. The first kappa shape index (κ1) is 14.6. The van der Waals surface area contributed by atoms with E-state index >= 15 is 0 Å². The minimum Gasteiger partial charge on any atom is -0.339 e. The van der Waals surface area contributed by atoms with Gasteiger partial charge in [-0.05, 0) is 55.0 Å². The zero-order chi connectivity index (χ0) is 14.8. The first-order valence-electron chi connectivity index (χ1n) is 8.25. The molecular formula is C18H26N2O. The zero-order valence-electron chi connectivity index (χ0n) is 13.2. The fourth-order valence-corrected chi connectivity index (χ4v) is 3.74. The van der Waals surface area contributed by atoms with Gasteiger partial charge in [0.15, 0.2) is 0 Å². The van der Waals surface area contributed by atoms with Crippen LogP contribution in [-0.2, 0) is 13.0 Å². The van der Waals surface area contributed by atoms with Crippen LogP contribution in [0.15, 0.2) is 18.2 Å². The van der Waals surface area contributed by atoms with Gasteiger partial charge in [0.05, 0.1) is 0 Å². The van der Waals surface area contributed by atoms with Crippen LogP contribution in [0.4, 0.5) is 0 Å². The molecular weight excluding hydrogens is 260 g/mol. The standard InChI is InChI=1S/C18H26N2O/c1-13-4-3-5-17(10-13)20(2)18(21)15-7-6-14-8-9-19-12-16(14)11-15/h6-7,11,13,17,19H,3-5,8-10,12H2,1-2H3. The number of amides is 1. The normalized spacial score (nSPS) is 25.2. The molecule has 1 aromatic rings. The molecule has 0 radical (unpaired) electrons. The summed E-state index contributed by atoms with van der Waals surface area (Å²) in [4.78, 5) is 14.7. The van der Waals surface area contributed by atoms with E-state index in [1.807, 2.05) is 18.0 Å². The molecule has 0 spiro atoms. The smallest absolute Gasteiger partial charge is 0.253 e. The van der Waals surface area contributed by atoms with Gasteiger partial charge in [0.2, 0.25) is 0 Å². The van der Waals surface area contributed by atoms with Crippen molar-refractivity contribution in [2.75, 3.05) is 13.6 Å². The van der Waals surface area contributed by atoms with E-state index in [2.05, 4.69) is 24.4 Å². The van der Waals surface area contributed by atoms with Crippen molar-refractivity contribution >= 4 is 5.91 Å². The predicted octanol–water partition coefficient (Wildman–Crippen LogP) is 2.98. The van der Waals surface area contributed by atoms with Crippen LogP contribution in [0.3, 0.4) is 0 Å². The summed E-state index contributed by atoms with van der Waals surface area (Å²) >= 11 is 0. The summed E-state index contributed by atoms with van der Waals surface area (Å²) < 4.78 is 0. The second kappa shape index (κ2) is 6.18. The third-order valence-electron chi connectivity index (χ3n) is 5.12. The largest absolute Gasteiger partial charge is 0.339 e. The lowest BCUT2D eigenvalue weighted by atomic mass is 9.86. The topological polar surface area (TPSA) is 32.3 Å². The van der Waals surface area contributed by atoms with Crippen LogP contribution in [0, 0.1) is 5.92 Å². The fraction of sp³-hybridized carbons (Fsp3) is 0.611.